The summed E-state index contributed by atoms with van der Waals surface area (Å²) in [5.74, 6) is 0.603. The number of aldehydes is 1. The minimum absolute atomic E-state index is 0.0456. The second-order valence-electron chi connectivity index (χ2n) is 3.96. The summed E-state index contributed by atoms with van der Waals surface area (Å²) in [5, 5.41) is 4.11. The van der Waals surface area contributed by atoms with Crippen molar-refractivity contribution in [3.8, 4) is 11.4 Å². The number of benzene rings is 1. The lowest BCUT2D eigenvalue weighted by Gasteiger charge is -2.12. The van der Waals surface area contributed by atoms with Gasteiger partial charge in [-0.1, -0.05) is 0 Å². The molecule has 1 aromatic carbocycles. The molecule has 6 N–H and O–H groups in total. The maximum Gasteiger partial charge on any atom is 0.153 e. The molecule has 0 unspecified atom stereocenters. The fourth-order valence-corrected chi connectivity index (χ4v) is 1.55. The molecule has 0 fully saturated rings. The molecule has 130 valence electrons. The molecule has 1 heterocycles. The average Bonchev–Trinajstić information content (AvgIpc) is 3.15. The molecule has 23 heavy (non-hydrogen) atoms. The number of hydrogen-bond donors (Lipinski definition) is 3. The van der Waals surface area contributed by atoms with Crippen molar-refractivity contribution in [1.29, 1.82) is 0 Å². The van der Waals surface area contributed by atoms with E-state index in [4.69, 9.17) is 4.74 Å². The summed E-state index contributed by atoms with van der Waals surface area (Å²) in [6, 6.07) is 7.26. The number of nitrogens with two attached hydrogens (primary N) is 3. The second kappa shape index (κ2) is 14.7. The molecule has 0 aliphatic heterocycles. The van der Waals surface area contributed by atoms with Crippen LogP contribution in [0.1, 0.15) is 24.2 Å². The molecule has 0 aliphatic carbocycles. The second-order valence-corrected chi connectivity index (χ2v) is 3.96. The van der Waals surface area contributed by atoms with Crippen LogP contribution in [-0.4, -0.2) is 43.3 Å². The Balaban J connectivity index is 0. The van der Waals surface area contributed by atoms with Gasteiger partial charge in [-0.05, 0) is 59.3 Å². The van der Waals surface area contributed by atoms with E-state index < -0.39 is 0 Å². The Bertz CT molecular complexity index is 513. The molecule has 0 bridgehead atoms. The van der Waals surface area contributed by atoms with Crippen molar-refractivity contribution in [2.24, 2.45) is 17.2 Å². The zero-order valence-electron chi connectivity index (χ0n) is 14.6. The molecule has 7 heteroatoms. The van der Waals surface area contributed by atoms with E-state index in [0.29, 0.717) is 11.3 Å². The Labute approximate surface area is 138 Å². The zero-order valence-corrected chi connectivity index (χ0v) is 14.6. The third kappa shape index (κ3) is 8.10. The first-order valence-corrected chi connectivity index (χ1v) is 7.20. The maximum absolute atomic E-state index is 11.0. The molecule has 0 atom stereocenters. The number of nitrogens with zero attached hydrogens (tertiary/aromatic N) is 2. The van der Waals surface area contributed by atoms with Gasteiger partial charge in [0.1, 0.15) is 5.75 Å². The van der Waals surface area contributed by atoms with Gasteiger partial charge in [-0.25, -0.2) is 4.68 Å². The molecule has 7 nitrogen and oxygen atoms in total. The topological polar surface area (TPSA) is 122 Å². The average molecular weight is 323 g/mol. The summed E-state index contributed by atoms with van der Waals surface area (Å²) < 4.78 is 7.25. The van der Waals surface area contributed by atoms with Gasteiger partial charge in [0.25, 0.3) is 0 Å². The van der Waals surface area contributed by atoms with E-state index in [-0.39, 0.29) is 6.10 Å². The fourth-order valence-electron chi connectivity index (χ4n) is 1.55. The Morgan fingerprint density at radius 2 is 1.74 bits per heavy atom. The van der Waals surface area contributed by atoms with Crippen molar-refractivity contribution in [3.63, 3.8) is 0 Å². The summed E-state index contributed by atoms with van der Waals surface area (Å²) >= 11 is 0. The number of hydrogen-bond acceptors (Lipinski definition) is 6. The summed E-state index contributed by atoms with van der Waals surface area (Å²) in [5.41, 5.74) is 14.9. The van der Waals surface area contributed by atoms with Gasteiger partial charge in [0.2, 0.25) is 0 Å². The lowest BCUT2D eigenvalue weighted by molar-refractivity contribution is 0.111. The van der Waals surface area contributed by atoms with Crippen LogP contribution in [0.3, 0.4) is 0 Å². The lowest BCUT2D eigenvalue weighted by Crippen LogP contribution is -2.08. The van der Waals surface area contributed by atoms with Gasteiger partial charge in [0.05, 0.1) is 17.4 Å². The normalized spacial score (nSPS) is 8.57. The first-order chi connectivity index (χ1) is 11.2. The van der Waals surface area contributed by atoms with Gasteiger partial charge in [0, 0.05) is 12.4 Å². The minimum Gasteiger partial charge on any atom is -0.490 e. The summed E-state index contributed by atoms with van der Waals surface area (Å²) in [6.07, 6.45) is 4.36. The van der Waals surface area contributed by atoms with Gasteiger partial charge < -0.3 is 21.9 Å². The van der Waals surface area contributed by atoms with Crippen LogP contribution in [0.25, 0.3) is 5.69 Å². The highest BCUT2D eigenvalue weighted by molar-refractivity contribution is 5.80. The summed E-state index contributed by atoms with van der Waals surface area (Å²) in [6.45, 7) is 3.85. The van der Waals surface area contributed by atoms with E-state index in [1.807, 2.05) is 32.2 Å². The van der Waals surface area contributed by atoms with E-state index in [1.165, 1.54) is 21.1 Å². The molecular formula is C16H29N5O2. The fraction of sp³-hybridized carbons (Fsp3) is 0.375. The number of carbonyl (C=O) groups excluding carboxylic acids is 1. The predicted molar refractivity (Wildman–Crippen MR) is 95.0 cm³/mol. The third-order valence-corrected chi connectivity index (χ3v) is 2.25. The van der Waals surface area contributed by atoms with Crippen LogP contribution in [0.5, 0.6) is 5.75 Å². The van der Waals surface area contributed by atoms with E-state index in [2.05, 4.69) is 22.3 Å². The van der Waals surface area contributed by atoms with E-state index in [0.717, 1.165) is 12.0 Å². The SMILES string of the molecule is CC(C)Oc1ccc(-n2cccn2)cc1C=O.CN.CN.CN. The third-order valence-electron chi connectivity index (χ3n) is 2.25. The Morgan fingerprint density at radius 1 is 1.13 bits per heavy atom. The molecule has 0 radical (unpaired) electrons. The molecule has 0 saturated heterocycles. The van der Waals surface area contributed by atoms with Crippen molar-refractivity contribution >= 4 is 6.29 Å². The van der Waals surface area contributed by atoms with E-state index >= 15 is 0 Å². The van der Waals surface area contributed by atoms with E-state index in [1.54, 1.807) is 23.0 Å². The molecule has 1 aromatic heterocycles. The monoisotopic (exact) mass is 323 g/mol. The molecule has 0 spiro atoms. The molecule has 0 saturated carbocycles. The first kappa shape index (κ1) is 23.1. The van der Waals surface area contributed by atoms with Crippen LogP contribution in [0, 0.1) is 0 Å². The standard InChI is InChI=1S/C13H14N2O2.3CH5N/c1-10(2)17-13-5-4-12(8-11(13)9-16)15-7-3-6-14-15;3*1-2/h3-10H,1-2H3;3*2H2,1H3. The molecule has 0 aliphatic rings. The van der Waals surface area contributed by atoms with Crippen LogP contribution in [0.2, 0.25) is 0 Å². The number of carbonyl (C=O) groups is 1. The van der Waals surface area contributed by atoms with Crippen molar-refractivity contribution in [2.75, 3.05) is 21.1 Å². The van der Waals surface area contributed by atoms with Gasteiger partial charge in [-0.15, -0.1) is 0 Å². The largest absolute Gasteiger partial charge is 0.490 e. The van der Waals surface area contributed by atoms with Crippen molar-refractivity contribution in [3.05, 3.63) is 42.2 Å². The summed E-state index contributed by atoms with van der Waals surface area (Å²) in [7, 11) is 4.50. The van der Waals surface area contributed by atoms with Crippen molar-refractivity contribution in [2.45, 2.75) is 20.0 Å². The van der Waals surface area contributed by atoms with Crippen LogP contribution >= 0.6 is 0 Å². The Kier molecular flexibility index (Phi) is 14.7. The maximum atomic E-state index is 11.0. The highest BCUT2D eigenvalue weighted by Gasteiger charge is 2.07. The van der Waals surface area contributed by atoms with Crippen LogP contribution in [0.4, 0.5) is 0 Å². The molecule has 2 aromatic rings. The van der Waals surface area contributed by atoms with Gasteiger partial charge in [0.15, 0.2) is 6.29 Å². The predicted octanol–water partition coefficient (Wildman–Crippen LogP) is 1.20. The van der Waals surface area contributed by atoms with Gasteiger partial charge >= 0.3 is 0 Å². The molecule has 2 rings (SSSR count). The van der Waals surface area contributed by atoms with Gasteiger partial charge in [-0.2, -0.15) is 5.10 Å². The Morgan fingerprint density at radius 3 is 2.17 bits per heavy atom. The first-order valence-electron chi connectivity index (χ1n) is 7.20. The summed E-state index contributed by atoms with van der Waals surface area (Å²) in [4.78, 5) is 11.0. The molecule has 0 amide bonds. The van der Waals surface area contributed by atoms with Gasteiger partial charge in [-0.3, -0.25) is 4.79 Å². The quantitative estimate of drug-likeness (QED) is 0.727. The lowest BCUT2D eigenvalue weighted by atomic mass is 10.2. The molecular weight excluding hydrogens is 294 g/mol. The number of rotatable bonds is 4. The number of aromatic nitrogens is 2. The zero-order chi connectivity index (χ0) is 18.3. The van der Waals surface area contributed by atoms with Crippen LogP contribution in [-0.2, 0) is 0 Å². The van der Waals surface area contributed by atoms with Crippen molar-refractivity contribution < 1.29 is 9.53 Å². The smallest absolute Gasteiger partial charge is 0.153 e. The highest BCUT2D eigenvalue weighted by Crippen LogP contribution is 2.21. The minimum atomic E-state index is 0.0456. The van der Waals surface area contributed by atoms with Crippen molar-refractivity contribution in [1.82, 2.24) is 9.78 Å². The Hall–Kier alpha value is -2.22. The highest BCUT2D eigenvalue weighted by atomic mass is 16.5. The van der Waals surface area contributed by atoms with Crippen LogP contribution in [0.15, 0.2) is 36.7 Å². The number of ether oxygens (including phenoxy) is 1. The van der Waals surface area contributed by atoms with E-state index in [9.17, 15) is 4.79 Å². The van der Waals surface area contributed by atoms with Crippen LogP contribution < -0.4 is 21.9 Å².